The van der Waals surface area contributed by atoms with Crippen molar-refractivity contribution in [2.45, 2.75) is 25.2 Å². The van der Waals surface area contributed by atoms with Crippen LogP contribution in [-0.2, 0) is 14.8 Å². The lowest BCUT2D eigenvalue weighted by Gasteiger charge is -2.13. The Morgan fingerprint density at radius 1 is 1.15 bits per heavy atom. The number of rotatable bonds is 7. The van der Waals surface area contributed by atoms with Gasteiger partial charge in [0, 0.05) is 6.42 Å². The molecule has 0 aliphatic carbocycles. The monoisotopic (exact) mass is 378 g/mol. The highest BCUT2D eigenvalue weighted by Crippen LogP contribution is 2.30. The van der Waals surface area contributed by atoms with Gasteiger partial charge in [-0.05, 0) is 36.2 Å². The first-order valence-electron chi connectivity index (χ1n) is 8.01. The molecule has 0 radical (unpaired) electrons. The van der Waals surface area contributed by atoms with Gasteiger partial charge in [0.15, 0.2) is 0 Å². The fourth-order valence-corrected chi connectivity index (χ4v) is 3.38. The van der Waals surface area contributed by atoms with Crippen LogP contribution in [0.4, 0.5) is 11.4 Å². The van der Waals surface area contributed by atoms with E-state index in [4.69, 9.17) is 4.74 Å². The molecule has 140 valence electrons. The molecule has 0 spiro atoms. The molecule has 2 rings (SSSR count). The second kappa shape index (κ2) is 8.09. The van der Waals surface area contributed by atoms with Crippen LogP contribution in [0.25, 0.3) is 0 Å². The number of para-hydroxylation sites is 2. The smallest absolute Gasteiger partial charge is 0.262 e. The van der Waals surface area contributed by atoms with Gasteiger partial charge in [0.1, 0.15) is 11.5 Å². The number of benzene rings is 2. The van der Waals surface area contributed by atoms with E-state index >= 15 is 0 Å². The summed E-state index contributed by atoms with van der Waals surface area (Å²) in [6, 6.07) is 10.3. The van der Waals surface area contributed by atoms with Gasteiger partial charge in [0.2, 0.25) is 5.91 Å². The fourth-order valence-electron chi connectivity index (χ4n) is 2.29. The van der Waals surface area contributed by atoms with Crippen LogP contribution >= 0.6 is 0 Å². The van der Waals surface area contributed by atoms with E-state index in [1.807, 2.05) is 13.8 Å². The number of aromatic hydroxyl groups is 1. The highest BCUT2D eigenvalue weighted by molar-refractivity contribution is 7.92. The minimum atomic E-state index is -3.94. The SMILES string of the molecule is COc1ccccc1NS(=O)(=O)c1ccc(O)c(NC(=O)CC(C)C)c1. The lowest BCUT2D eigenvalue weighted by Crippen LogP contribution is -2.16. The third kappa shape index (κ3) is 4.89. The van der Waals surface area contributed by atoms with Gasteiger partial charge in [0.05, 0.1) is 23.4 Å². The Hall–Kier alpha value is -2.74. The Kier molecular flexibility index (Phi) is 6.10. The zero-order valence-corrected chi connectivity index (χ0v) is 15.6. The van der Waals surface area contributed by atoms with Crippen molar-refractivity contribution in [2.75, 3.05) is 17.1 Å². The molecule has 0 unspecified atom stereocenters. The molecule has 0 atom stereocenters. The summed E-state index contributed by atoms with van der Waals surface area (Å²) >= 11 is 0. The van der Waals surface area contributed by atoms with Gasteiger partial charge < -0.3 is 15.2 Å². The molecule has 0 heterocycles. The molecule has 3 N–H and O–H groups in total. The highest BCUT2D eigenvalue weighted by Gasteiger charge is 2.19. The summed E-state index contributed by atoms with van der Waals surface area (Å²) < 4.78 is 32.8. The molecule has 0 aliphatic rings. The van der Waals surface area contributed by atoms with Gasteiger partial charge in [-0.25, -0.2) is 8.42 Å². The standard InChI is InChI=1S/C18H22N2O5S/c1-12(2)10-18(22)19-15-11-13(8-9-16(15)21)26(23,24)20-14-6-4-5-7-17(14)25-3/h4-9,11-12,20-21H,10H2,1-3H3,(H,19,22). The van der Waals surface area contributed by atoms with E-state index in [2.05, 4.69) is 10.0 Å². The second-order valence-corrected chi connectivity index (χ2v) is 7.81. The van der Waals surface area contributed by atoms with E-state index in [1.54, 1.807) is 24.3 Å². The number of methoxy groups -OCH3 is 1. The van der Waals surface area contributed by atoms with E-state index in [0.29, 0.717) is 5.75 Å². The van der Waals surface area contributed by atoms with Crippen molar-refractivity contribution in [2.24, 2.45) is 5.92 Å². The van der Waals surface area contributed by atoms with Crippen molar-refractivity contribution >= 4 is 27.3 Å². The number of phenolic OH excluding ortho intramolecular Hbond substituents is 1. The van der Waals surface area contributed by atoms with Crippen molar-refractivity contribution < 1.29 is 23.1 Å². The Bertz CT molecular complexity index is 894. The molecule has 0 aliphatic heterocycles. The van der Waals surface area contributed by atoms with Gasteiger partial charge in [-0.15, -0.1) is 0 Å². The molecule has 0 saturated heterocycles. The number of amides is 1. The first kappa shape index (κ1) is 19.6. The average Bonchev–Trinajstić information content (AvgIpc) is 2.56. The second-order valence-electron chi connectivity index (χ2n) is 6.13. The van der Waals surface area contributed by atoms with Crippen LogP contribution in [0.2, 0.25) is 0 Å². The third-order valence-corrected chi connectivity index (χ3v) is 4.86. The maximum absolute atomic E-state index is 12.6. The predicted molar refractivity (Wildman–Crippen MR) is 100.0 cm³/mol. The number of sulfonamides is 1. The molecule has 0 fully saturated rings. The van der Waals surface area contributed by atoms with Crippen molar-refractivity contribution in [1.29, 1.82) is 0 Å². The summed E-state index contributed by atoms with van der Waals surface area (Å²) in [5, 5.41) is 12.4. The van der Waals surface area contributed by atoms with E-state index in [-0.39, 0.29) is 40.3 Å². The van der Waals surface area contributed by atoms with Crippen LogP contribution in [0.5, 0.6) is 11.5 Å². The lowest BCUT2D eigenvalue weighted by atomic mass is 10.1. The number of hydrogen-bond acceptors (Lipinski definition) is 5. The fraction of sp³-hybridized carbons (Fsp3) is 0.278. The number of anilines is 2. The van der Waals surface area contributed by atoms with Crippen LogP contribution < -0.4 is 14.8 Å². The summed E-state index contributed by atoms with van der Waals surface area (Å²) in [5.41, 5.74) is 0.326. The molecular formula is C18H22N2O5S. The van der Waals surface area contributed by atoms with Crippen LogP contribution in [0.1, 0.15) is 20.3 Å². The average molecular weight is 378 g/mol. The summed E-state index contributed by atoms with van der Waals surface area (Å²) in [4.78, 5) is 11.8. The summed E-state index contributed by atoms with van der Waals surface area (Å²) in [6.07, 6.45) is 0.260. The largest absolute Gasteiger partial charge is 0.506 e. The topological polar surface area (TPSA) is 105 Å². The molecule has 0 bridgehead atoms. The normalized spacial score (nSPS) is 11.2. The van der Waals surface area contributed by atoms with E-state index in [9.17, 15) is 18.3 Å². The minimum absolute atomic E-state index is 0.0403. The summed E-state index contributed by atoms with van der Waals surface area (Å²) in [7, 11) is -2.50. The molecular weight excluding hydrogens is 356 g/mol. The van der Waals surface area contributed by atoms with Crippen LogP contribution in [0, 0.1) is 5.92 Å². The zero-order chi connectivity index (χ0) is 19.3. The number of phenols is 1. The molecule has 26 heavy (non-hydrogen) atoms. The molecule has 2 aromatic rings. The predicted octanol–water partition coefficient (Wildman–Crippen LogP) is 3.19. The Balaban J connectivity index is 2.29. The summed E-state index contributed by atoms with van der Waals surface area (Å²) in [5.74, 6) is -0.00235. The Morgan fingerprint density at radius 2 is 1.85 bits per heavy atom. The van der Waals surface area contributed by atoms with Gasteiger partial charge in [-0.3, -0.25) is 9.52 Å². The maximum Gasteiger partial charge on any atom is 0.262 e. The molecule has 7 nitrogen and oxygen atoms in total. The number of carbonyl (C=O) groups excluding carboxylic acids is 1. The van der Waals surface area contributed by atoms with Gasteiger partial charge >= 0.3 is 0 Å². The van der Waals surface area contributed by atoms with Crippen molar-refractivity contribution in [3.05, 3.63) is 42.5 Å². The van der Waals surface area contributed by atoms with Crippen LogP contribution in [0.3, 0.4) is 0 Å². The first-order valence-corrected chi connectivity index (χ1v) is 9.50. The van der Waals surface area contributed by atoms with E-state index in [0.717, 1.165) is 0 Å². The number of nitrogens with one attached hydrogen (secondary N) is 2. The lowest BCUT2D eigenvalue weighted by molar-refractivity contribution is -0.116. The van der Waals surface area contributed by atoms with Gasteiger partial charge in [-0.2, -0.15) is 0 Å². The Morgan fingerprint density at radius 3 is 2.50 bits per heavy atom. The first-order chi connectivity index (χ1) is 12.2. The van der Waals surface area contributed by atoms with Crippen LogP contribution in [-0.4, -0.2) is 26.5 Å². The number of ether oxygens (including phenoxy) is 1. The van der Waals surface area contributed by atoms with Gasteiger partial charge in [-0.1, -0.05) is 26.0 Å². The van der Waals surface area contributed by atoms with Crippen LogP contribution in [0.15, 0.2) is 47.4 Å². The molecule has 8 heteroatoms. The zero-order valence-electron chi connectivity index (χ0n) is 14.8. The minimum Gasteiger partial charge on any atom is -0.506 e. The third-order valence-electron chi connectivity index (χ3n) is 3.50. The van der Waals surface area contributed by atoms with Crippen molar-refractivity contribution in [3.63, 3.8) is 0 Å². The van der Waals surface area contributed by atoms with E-state index in [1.165, 1.54) is 25.3 Å². The molecule has 1 amide bonds. The molecule has 2 aromatic carbocycles. The van der Waals surface area contributed by atoms with E-state index < -0.39 is 10.0 Å². The number of hydrogen-bond donors (Lipinski definition) is 3. The van der Waals surface area contributed by atoms with Gasteiger partial charge in [0.25, 0.3) is 10.0 Å². The highest BCUT2D eigenvalue weighted by atomic mass is 32.2. The molecule has 0 saturated carbocycles. The number of carbonyl (C=O) groups is 1. The summed E-state index contributed by atoms with van der Waals surface area (Å²) in [6.45, 7) is 3.77. The quantitative estimate of drug-likeness (QED) is 0.642. The molecule has 0 aromatic heterocycles. The Labute approximate surface area is 153 Å². The maximum atomic E-state index is 12.6. The van der Waals surface area contributed by atoms with Crippen molar-refractivity contribution in [3.8, 4) is 11.5 Å². The van der Waals surface area contributed by atoms with Crippen molar-refractivity contribution in [1.82, 2.24) is 0 Å².